The minimum absolute atomic E-state index is 0.273. The van der Waals surface area contributed by atoms with Gasteiger partial charge in [-0.1, -0.05) is 17.7 Å². The zero-order valence-corrected chi connectivity index (χ0v) is 14.5. The van der Waals surface area contributed by atoms with Crippen LogP contribution in [0.4, 0.5) is 5.69 Å². The molecule has 0 saturated carbocycles. The number of anilines is 1. The first-order chi connectivity index (χ1) is 10.9. The molecule has 0 aliphatic carbocycles. The molecule has 0 saturated heterocycles. The molecule has 7 nitrogen and oxygen atoms in total. The van der Waals surface area contributed by atoms with Crippen molar-refractivity contribution >= 4 is 34.8 Å². The lowest BCUT2D eigenvalue weighted by Crippen LogP contribution is -3.05. The normalized spacial score (nSPS) is 10.1. The number of thiocarbonyl (C=S) groups is 1. The van der Waals surface area contributed by atoms with Crippen LogP contribution >= 0.6 is 12.2 Å². The van der Waals surface area contributed by atoms with Crippen LogP contribution in [-0.4, -0.2) is 44.1 Å². The summed E-state index contributed by atoms with van der Waals surface area (Å²) in [5, 5.41) is 5.72. The fraction of sp³-hybridized carbons (Fsp3) is 0.400. The summed E-state index contributed by atoms with van der Waals surface area (Å²) in [6.45, 7) is 3.65. The molecule has 8 heteroatoms. The van der Waals surface area contributed by atoms with Crippen LogP contribution in [0, 0.1) is 6.92 Å². The first kappa shape index (κ1) is 18.9. The van der Waals surface area contributed by atoms with Crippen LogP contribution in [0.25, 0.3) is 0 Å². The molecule has 0 heterocycles. The number of carbonyl (C=O) groups is 2. The van der Waals surface area contributed by atoms with Crippen LogP contribution < -0.4 is 26.4 Å². The minimum Gasteiger partial charge on any atom is -0.361 e. The third-order valence-corrected chi connectivity index (χ3v) is 3.19. The van der Waals surface area contributed by atoms with Crippen LogP contribution in [0.3, 0.4) is 0 Å². The summed E-state index contributed by atoms with van der Waals surface area (Å²) in [5.74, 6) is -1.58. The molecule has 0 radical (unpaired) electrons. The van der Waals surface area contributed by atoms with Gasteiger partial charge in [-0.05, 0) is 31.3 Å². The second-order valence-corrected chi connectivity index (χ2v) is 5.87. The van der Waals surface area contributed by atoms with Gasteiger partial charge in [-0.25, -0.2) is 0 Å². The average molecular weight is 338 g/mol. The van der Waals surface area contributed by atoms with E-state index in [1.165, 1.54) is 4.90 Å². The van der Waals surface area contributed by atoms with Crippen LogP contribution in [0.5, 0.6) is 0 Å². The summed E-state index contributed by atoms with van der Waals surface area (Å²) < 4.78 is 0. The maximum atomic E-state index is 11.7. The van der Waals surface area contributed by atoms with Gasteiger partial charge in [0.15, 0.2) is 5.11 Å². The molecular formula is C15H24N5O2S+. The third-order valence-electron chi connectivity index (χ3n) is 2.94. The van der Waals surface area contributed by atoms with Gasteiger partial charge in [-0.3, -0.25) is 20.4 Å². The molecule has 0 atom stereocenters. The Labute approximate surface area is 141 Å². The molecule has 126 valence electrons. The zero-order valence-electron chi connectivity index (χ0n) is 13.7. The Morgan fingerprint density at radius 2 is 1.74 bits per heavy atom. The topological polar surface area (TPSA) is 86.7 Å². The number of amides is 2. The molecule has 23 heavy (non-hydrogen) atoms. The van der Waals surface area contributed by atoms with E-state index in [0.717, 1.165) is 18.5 Å². The molecule has 1 aromatic carbocycles. The fourth-order valence-electron chi connectivity index (χ4n) is 1.68. The molecule has 5 N–H and O–H groups in total. The van der Waals surface area contributed by atoms with E-state index in [9.17, 15) is 9.59 Å². The zero-order chi connectivity index (χ0) is 17.2. The van der Waals surface area contributed by atoms with Crippen LogP contribution in [0.15, 0.2) is 24.3 Å². The first-order valence-corrected chi connectivity index (χ1v) is 7.80. The highest BCUT2D eigenvalue weighted by atomic mass is 32.1. The van der Waals surface area contributed by atoms with Gasteiger partial charge >= 0.3 is 11.8 Å². The third kappa shape index (κ3) is 8.12. The molecule has 0 aliphatic rings. The molecule has 1 aromatic rings. The number of hydrogen-bond donors (Lipinski definition) is 5. The highest BCUT2D eigenvalue weighted by Gasteiger charge is 2.13. The van der Waals surface area contributed by atoms with Crippen molar-refractivity contribution in [1.29, 1.82) is 0 Å². The molecule has 0 spiro atoms. The molecule has 0 bridgehead atoms. The Balaban J connectivity index is 2.25. The van der Waals surface area contributed by atoms with Gasteiger partial charge < -0.3 is 15.5 Å². The van der Waals surface area contributed by atoms with Crippen molar-refractivity contribution in [2.45, 2.75) is 13.3 Å². The molecule has 1 rings (SSSR count). The van der Waals surface area contributed by atoms with Crippen molar-refractivity contribution in [1.82, 2.24) is 16.2 Å². The Bertz CT molecular complexity index is 545. The lowest BCUT2D eigenvalue weighted by atomic mass is 10.2. The largest absolute Gasteiger partial charge is 0.361 e. The van der Waals surface area contributed by atoms with Crippen molar-refractivity contribution < 1.29 is 14.5 Å². The van der Waals surface area contributed by atoms with Crippen LogP contribution in [0.2, 0.25) is 0 Å². The summed E-state index contributed by atoms with van der Waals surface area (Å²) in [6.07, 6.45) is 0.950. The minimum atomic E-state index is -0.813. The number of carbonyl (C=O) groups excluding carboxylic acids is 2. The number of benzene rings is 1. The quantitative estimate of drug-likeness (QED) is 0.205. The summed E-state index contributed by atoms with van der Waals surface area (Å²) in [5.41, 5.74) is 6.38. The van der Waals surface area contributed by atoms with Crippen molar-refractivity contribution in [3.63, 3.8) is 0 Å². The predicted octanol–water partition coefficient (Wildman–Crippen LogP) is -1.04. The van der Waals surface area contributed by atoms with Crippen molar-refractivity contribution in [3.05, 3.63) is 29.8 Å². The monoisotopic (exact) mass is 338 g/mol. The second kappa shape index (κ2) is 9.75. The molecular weight excluding hydrogens is 314 g/mol. The van der Waals surface area contributed by atoms with Gasteiger partial charge in [0.1, 0.15) is 0 Å². The van der Waals surface area contributed by atoms with E-state index in [1.807, 2.05) is 19.1 Å². The smallest absolute Gasteiger partial charge is 0.328 e. The number of nitrogens with one attached hydrogen (secondary N) is 5. The van der Waals surface area contributed by atoms with Crippen molar-refractivity contribution in [2.75, 3.05) is 32.5 Å². The number of quaternary nitrogens is 1. The number of aryl methyl sites for hydroxylation is 1. The van der Waals surface area contributed by atoms with E-state index in [0.29, 0.717) is 12.2 Å². The van der Waals surface area contributed by atoms with Crippen molar-refractivity contribution in [3.8, 4) is 0 Å². The molecule has 0 unspecified atom stereocenters. The van der Waals surface area contributed by atoms with Gasteiger partial charge in [0.2, 0.25) is 0 Å². The van der Waals surface area contributed by atoms with Gasteiger partial charge in [0, 0.05) is 18.7 Å². The highest BCUT2D eigenvalue weighted by molar-refractivity contribution is 7.80. The summed E-state index contributed by atoms with van der Waals surface area (Å²) in [7, 11) is 4.15. The summed E-state index contributed by atoms with van der Waals surface area (Å²) in [6, 6.07) is 7.15. The molecule has 0 fully saturated rings. The van der Waals surface area contributed by atoms with Gasteiger partial charge in [-0.2, -0.15) is 0 Å². The highest BCUT2D eigenvalue weighted by Crippen LogP contribution is 2.07. The van der Waals surface area contributed by atoms with Gasteiger partial charge in [0.05, 0.1) is 20.6 Å². The Morgan fingerprint density at radius 3 is 2.35 bits per heavy atom. The van der Waals surface area contributed by atoms with E-state index in [-0.39, 0.29) is 5.11 Å². The number of rotatable bonds is 5. The van der Waals surface area contributed by atoms with E-state index in [4.69, 9.17) is 12.2 Å². The molecule has 2 amide bonds. The lowest BCUT2D eigenvalue weighted by molar-refractivity contribution is -0.858. The summed E-state index contributed by atoms with van der Waals surface area (Å²) in [4.78, 5) is 24.7. The van der Waals surface area contributed by atoms with E-state index < -0.39 is 11.8 Å². The van der Waals surface area contributed by atoms with Crippen molar-refractivity contribution in [2.24, 2.45) is 0 Å². The fourth-order valence-corrected chi connectivity index (χ4v) is 1.84. The summed E-state index contributed by atoms with van der Waals surface area (Å²) >= 11 is 5.01. The van der Waals surface area contributed by atoms with Gasteiger partial charge in [-0.15, -0.1) is 0 Å². The Kier molecular flexibility index (Phi) is 8.00. The van der Waals surface area contributed by atoms with Crippen LogP contribution in [-0.2, 0) is 9.59 Å². The molecule has 0 aromatic heterocycles. The van der Waals surface area contributed by atoms with E-state index >= 15 is 0 Å². The maximum Gasteiger partial charge on any atom is 0.328 e. The average Bonchev–Trinajstić information content (AvgIpc) is 2.51. The van der Waals surface area contributed by atoms with E-state index in [2.05, 4.69) is 35.6 Å². The maximum absolute atomic E-state index is 11.7. The Morgan fingerprint density at radius 1 is 1.09 bits per heavy atom. The number of hydrazine groups is 1. The number of hydrogen-bond acceptors (Lipinski definition) is 3. The molecule has 0 aliphatic heterocycles. The second-order valence-electron chi connectivity index (χ2n) is 5.47. The predicted molar refractivity (Wildman–Crippen MR) is 94.0 cm³/mol. The SMILES string of the molecule is Cc1ccc(NC(=O)C(=O)NNC(=S)NCCC[NH+](C)C)cc1. The first-order valence-electron chi connectivity index (χ1n) is 7.39. The Hall–Kier alpha value is -2.19. The van der Waals surface area contributed by atoms with Gasteiger partial charge in [0.25, 0.3) is 0 Å². The van der Waals surface area contributed by atoms with Crippen LogP contribution in [0.1, 0.15) is 12.0 Å². The standard InChI is InChI=1S/C15H23N5O2S/c1-11-5-7-12(8-6-11)17-13(21)14(22)18-19-15(23)16-9-4-10-20(2)3/h5-8H,4,9-10H2,1-3H3,(H,17,21)(H,18,22)(H2,16,19,23)/p+1. The van der Waals surface area contributed by atoms with E-state index in [1.54, 1.807) is 12.1 Å². The lowest BCUT2D eigenvalue weighted by Gasteiger charge is -2.12.